The average molecular weight is 585 g/mol. The van der Waals surface area contributed by atoms with Crippen molar-refractivity contribution in [2.45, 2.75) is 51.4 Å². The molecule has 2 aromatic carbocycles. The third-order valence-electron chi connectivity index (χ3n) is 7.16. The van der Waals surface area contributed by atoms with Crippen molar-refractivity contribution in [2.24, 2.45) is 0 Å². The molecule has 0 fully saturated rings. The molecular formula is C30H34BrNO6. The van der Waals surface area contributed by atoms with E-state index in [2.05, 4.69) is 21.2 Å². The molecule has 0 bridgehead atoms. The van der Waals surface area contributed by atoms with Gasteiger partial charge in [0.05, 0.1) is 39.4 Å². The summed E-state index contributed by atoms with van der Waals surface area (Å²) in [7, 11) is 4.79. The van der Waals surface area contributed by atoms with E-state index in [9.17, 15) is 9.59 Å². The summed E-state index contributed by atoms with van der Waals surface area (Å²) in [5.41, 5.74) is 4.26. The zero-order chi connectivity index (χ0) is 27.4. The fraction of sp³-hybridized carbons (Fsp3) is 0.400. The number of Topliss-reactive ketones (excluding diaryl/α,β-unsaturated/α-hetero) is 1. The van der Waals surface area contributed by atoms with E-state index in [1.807, 2.05) is 50.2 Å². The fourth-order valence-corrected chi connectivity index (χ4v) is 5.66. The third-order valence-corrected chi connectivity index (χ3v) is 7.65. The molecule has 2 atom stereocenters. The number of allylic oxidation sites excluding steroid dienone is 3. The van der Waals surface area contributed by atoms with Crippen LogP contribution in [0, 0.1) is 0 Å². The molecule has 2 aliphatic rings. The maximum atomic E-state index is 13.9. The lowest BCUT2D eigenvalue weighted by Gasteiger charge is -2.37. The quantitative estimate of drug-likeness (QED) is 0.279. The molecule has 1 heterocycles. The molecular weight excluding hydrogens is 550 g/mol. The number of nitrogens with one attached hydrogen (secondary N) is 1. The SMILES string of the molecule is CCCCOC(=O)C1=C(C)NC2=C(C(=O)C[C@H](c3ccc(OC)c(OC)c3)C2)[C@H]1c1cc(Br)ccc1OC. The number of unbranched alkanes of at least 4 members (excludes halogenated alkanes) is 1. The van der Waals surface area contributed by atoms with E-state index in [0.717, 1.165) is 34.1 Å². The van der Waals surface area contributed by atoms with Crippen molar-refractivity contribution in [1.82, 2.24) is 5.32 Å². The Hall–Kier alpha value is -3.26. The summed E-state index contributed by atoms with van der Waals surface area (Å²) in [5.74, 6) is 0.776. The highest BCUT2D eigenvalue weighted by Gasteiger charge is 2.42. The number of hydrogen-bond donors (Lipinski definition) is 1. The molecule has 1 aliphatic heterocycles. The van der Waals surface area contributed by atoms with Crippen LogP contribution in [0.25, 0.3) is 0 Å². The summed E-state index contributed by atoms with van der Waals surface area (Å²) in [4.78, 5) is 27.3. The second-order valence-electron chi connectivity index (χ2n) is 9.51. The number of ketones is 1. The molecule has 0 radical (unpaired) electrons. The molecule has 202 valence electrons. The van der Waals surface area contributed by atoms with Gasteiger partial charge in [-0.15, -0.1) is 0 Å². The zero-order valence-corrected chi connectivity index (χ0v) is 24.1. The number of esters is 1. The number of halogens is 1. The van der Waals surface area contributed by atoms with Crippen LogP contribution >= 0.6 is 15.9 Å². The van der Waals surface area contributed by atoms with Gasteiger partial charge in [-0.1, -0.05) is 35.3 Å². The van der Waals surface area contributed by atoms with E-state index >= 15 is 0 Å². The van der Waals surface area contributed by atoms with Crippen molar-refractivity contribution in [3.63, 3.8) is 0 Å². The van der Waals surface area contributed by atoms with Crippen LogP contribution in [0.3, 0.4) is 0 Å². The van der Waals surface area contributed by atoms with Gasteiger partial charge in [0.2, 0.25) is 0 Å². The Balaban J connectivity index is 1.79. The Kier molecular flexibility index (Phi) is 8.82. The van der Waals surface area contributed by atoms with E-state index in [1.165, 1.54) is 0 Å². The van der Waals surface area contributed by atoms with Gasteiger partial charge in [0, 0.05) is 33.4 Å². The summed E-state index contributed by atoms with van der Waals surface area (Å²) in [6, 6.07) is 11.4. The van der Waals surface area contributed by atoms with Crippen LogP contribution in [-0.2, 0) is 14.3 Å². The minimum absolute atomic E-state index is 0.0167. The standard InChI is InChI=1S/C30H34BrNO6/c1-6-7-12-38-30(34)27-17(2)32-22-13-19(18-8-10-25(36-4)26(15-18)37-5)14-23(33)29(22)28(27)21-16-20(31)9-11-24(21)35-3/h8-11,15-16,19,28,32H,6-7,12-14H2,1-5H3/t19-,28+/m1/s1. The minimum Gasteiger partial charge on any atom is -0.496 e. The smallest absolute Gasteiger partial charge is 0.336 e. The van der Waals surface area contributed by atoms with Crippen molar-refractivity contribution >= 4 is 27.7 Å². The van der Waals surface area contributed by atoms with Gasteiger partial charge in [-0.25, -0.2) is 4.79 Å². The summed E-state index contributed by atoms with van der Waals surface area (Å²) in [5, 5.41) is 3.40. The Morgan fingerprint density at radius 3 is 2.39 bits per heavy atom. The predicted molar refractivity (Wildman–Crippen MR) is 149 cm³/mol. The Morgan fingerprint density at radius 2 is 1.71 bits per heavy atom. The second kappa shape index (κ2) is 12.1. The lowest BCUT2D eigenvalue weighted by Crippen LogP contribution is -2.36. The van der Waals surface area contributed by atoms with Gasteiger partial charge in [-0.2, -0.15) is 0 Å². The molecule has 38 heavy (non-hydrogen) atoms. The van der Waals surface area contributed by atoms with Crippen LogP contribution in [0.2, 0.25) is 0 Å². The lowest BCUT2D eigenvalue weighted by molar-refractivity contribution is -0.139. The first-order valence-electron chi connectivity index (χ1n) is 12.8. The van der Waals surface area contributed by atoms with E-state index in [1.54, 1.807) is 21.3 Å². The first-order chi connectivity index (χ1) is 18.3. The molecule has 8 heteroatoms. The molecule has 0 saturated heterocycles. The topological polar surface area (TPSA) is 83.1 Å². The fourth-order valence-electron chi connectivity index (χ4n) is 5.28. The molecule has 7 nitrogen and oxygen atoms in total. The number of methoxy groups -OCH3 is 3. The Bertz CT molecular complexity index is 1300. The van der Waals surface area contributed by atoms with Gasteiger partial charge in [-0.05, 0) is 61.6 Å². The molecule has 0 spiro atoms. The number of benzene rings is 2. The summed E-state index contributed by atoms with van der Waals surface area (Å²) in [6.45, 7) is 4.24. The summed E-state index contributed by atoms with van der Waals surface area (Å²) in [6.07, 6.45) is 2.60. The summed E-state index contributed by atoms with van der Waals surface area (Å²) < 4.78 is 23.1. The van der Waals surface area contributed by atoms with Crippen molar-refractivity contribution in [1.29, 1.82) is 0 Å². The second-order valence-corrected chi connectivity index (χ2v) is 10.4. The van der Waals surface area contributed by atoms with Crippen LogP contribution in [0.4, 0.5) is 0 Å². The summed E-state index contributed by atoms with van der Waals surface area (Å²) >= 11 is 3.56. The first kappa shape index (κ1) is 27.8. The molecule has 0 unspecified atom stereocenters. The highest BCUT2D eigenvalue weighted by Crippen LogP contribution is 2.48. The number of ether oxygens (including phenoxy) is 4. The van der Waals surface area contributed by atoms with Gasteiger partial charge in [-0.3, -0.25) is 4.79 Å². The molecule has 4 rings (SSSR count). The van der Waals surface area contributed by atoms with Crippen molar-refractivity contribution in [3.8, 4) is 17.2 Å². The van der Waals surface area contributed by atoms with Crippen molar-refractivity contribution < 1.29 is 28.5 Å². The number of dihydropyridines is 1. The molecule has 0 amide bonds. The van der Waals surface area contributed by atoms with Crippen molar-refractivity contribution in [3.05, 3.63) is 74.5 Å². The van der Waals surface area contributed by atoms with Gasteiger partial charge >= 0.3 is 5.97 Å². The van der Waals surface area contributed by atoms with Crippen molar-refractivity contribution in [2.75, 3.05) is 27.9 Å². The monoisotopic (exact) mass is 583 g/mol. The molecule has 0 aromatic heterocycles. The maximum absolute atomic E-state index is 13.9. The predicted octanol–water partition coefficient (Wildman–Crippen LogP) is 6.18. The van der Waals surface area contributed by atoms with Crippen LogP contribution in [0.1, 0.15) is 62.5 Å². The Morgan fingerprint density at radius 1 is 1.00 bits per heavy atom. The number of rotatable bonds is 9. The highest BCUT2D eigenvalue weighted by atomic mass is 79.9. The van der Waals surface area contributed by atoms with Gasteiger partial charge in [0.25, 0.3) is 0 Å². The minimum atomic E-state index is -0.605. The molecule has 1 N–H and O–H groups in total. The molecule has 2 aromatic rings. The van der Waals surface area contributed by atoms with Gasteiger partial charge in [0.1, 0.15) is 5.75 Å². The van der Waals surface area contributed by atoms with Crippen LogP contribution in [0.15, 0.2) is 63.4 Å². The van der Waals surface area contributed by atoms with Crippen LogP contribution in [-0.4, -0.2) is 39.7 Å². The van der Waals surface area contributed by atoms with Crippen LogP contribution < -0.4 is 19.5 Å². The third kappa shape index (κ3) is 5.46. The average Bonchev–Trinajstić information content (AvgIpc) is 2.91. The van der Waals surface area contributed by atoms with Gasteiger partial charge < -0.3 is 24.3 Å². The van der Waals surface area contributed by atoms with E-state index in [0.29, 0.717) is 53.5 Å². The number of carbonyl (C=O) groups excluding carboxylic acids is 2. The maximum Gasteiger partial charge on any atom is 0.336 e. The normalized spacial score (nSPS) is 19.1. The molecule has 1 aliphatic carbocycles. The van der Waals surface area contributed by atoms with Gasteiger partial charge in [0.15, 0.2) is 17.3 Å². The zero-order valence-electron chi connectivity index (χ0n) is 22.5. The first-order valence-corrected chi connectivity index (χ1v) is 13.6. The van der Waals surface area contributed by atoms with E-state index in [4.69, 9.17) is 18.9 Å². The number of hydrogen-bond acceptors (Lipinski definition) is 7. The number of carbonyl (C=O) groups is 2. The lowest BCUT2D eigenvalue weighted by atomic mass is 9.71. The largest absolute Gasteiger partial charge is 0.496 e. The molecule has 0 saturated carbocycles. The highest BCUT2D eigenvalue weighted by molar-refractivity contribution is 9.10. The Labute approximate surface area is 232 Å². The van der Waals surface area contributed by atoms with Crippen LogP contribution in [0.5, 0.6) is 17.2 Å². The van der Waals surface area contributed by atoms with E-state index in [-0.39, 0.29) is 11.7 Å². The van der Waals surface area contributed by atoms with E-state index < -0.39 is 11.9 Å².